The number of aromatic nitrogens is 1. The van der Waals surface area contributed by atoms with Crippen LogP contribution in [0.4, 0.5) is 0 Å². The fourth-order valence-electron chi connectivity index (χ4n) is 2.30. The topological polar surface area (TPSA) is 71.1 Å². The van der Waals surface area contributed by atoms with E-state index in [1.807, 2.05) is 30.3 Å². The number of para-hydroxylation sites is 1. The second kappa shape index (κ2) is 7.72. The molecule has 0 aliphatic carbocycles. The Morgan fingerprint density at radius 3 is 2.60 bits per heavy atom. The monoisotopic (exact) mass is 395 g/mol. The van der Waals surface area contributed by atoms with Crippen molar-refractivity contribution in [2.45, 2.75) is 0 Å². The minimum atomic E-state index is -0.437. The molecule has 3 aromatic rings. The van der Waals surface area contributed by atoms with Crippen LogP contribution in [-0.4, -0.2) is 16.8 Å². The van der Waals surface area contributed by atoms with Crippen molar-refractivity contribution in [2.75, 3.05) is 0 Å². The molecule has 0 unspecified atom stereocenters. The highest BCUT2D eigenvalue weighted by atomic mass is 79.9. The number of hydrogen-bond acceptors (Lipinski definition) is 3. The van der Waals surface area contributed by atoms with E-state index in [1.54, 1.807) is 36.5 Å². The van der Waals surface area contributed by atoms with Crippen molar-refractivity contribution in [1.82, 2.24) is 15.8 Å². The molecule has 0 bridgehead atoms. The predicted molar refractivity (Wildman–Crippen MR) is 101 cm³/mol. The van der Waals surface area contributed by atoms with Crippen LogP contribution in [0.25, 0.3) is 17.0 Å². The van der Waals surface area contributed by atoms with Crippen molar-refractivity contribution in [3.05, 3.63) is 82.5 Å². The number of benzene rings is 2. The van der Waals surface area contributed by atoms with Gasteiger partial charge in [-0.05, 0) is 40.2 Å². The number of hydrazine groups is 1. The normalized spacial score (nSPS) is 10.8. The van der Waals surface area contributed by atoms with Crippen LogP contribution in [0.15, 0.2) is 71.3 Å². The maximum absolute atomic E-state index is 12.0. The quantitative estimate of drug-likeness (QED) is 0.526. The zero-order valence-corrected chi connectivity index (χ0v) is 14.7. The Labute approximate surface area is 152 Å². The number of carbonyl (C=O) groups excluding carboxylic acids is 2. The van der Waals surface area contributed by atoms with Crippen LogP contribution in [0.5, 0.6) is 0 Å². The maximum atomic E-state index is 12.0. The van der Waals surface area contributed by atoms with Crippen LogP contribution in [-0.2, 0) is 4.79 Å². The van der Waals surface area contributed by atoms with Gasteiger partial charge in [-0.15, -0.1) is 0 Å². The molecule has 124 valence electrons. The van der Waals surface area contributed by atoms with Gasteiger partial charge in [0.15, 0.2) is 0 Å². The number of pyridine rings is 1. The van der Waals surface area contributed by atoms with Crippen LogP contribution >= 0.6 is 15.9 Å². The van der Waals surface area contributed by atoms with Gasteiger partial charge in [0, 0.05) is 27.7 Å². The minimum absolute atomic E-state index is 0.402. The third-order valence-corrected chi connectivity index (χ3v) is 4.19. The first-order valence-corrected chi connectivity index (χ1v) is 8.31. The molecule has 0 aliphatic rings. The van der Waals surface area contributed by atoms with Crippen molar-refractivity contribution in [2.24, 2.45) is 0 Å². The van der Waals surface area contributed by atoms with Crippen LogP contribution in [0, 0.1) is 0 Å². The fraction of sp³-hybridized carbons (Fsp3) is 0. The van der Waals surface area contributed by atoms with Crippen molar-refractivity contribution < 1.29 is 9.59 Å². The molecular formula is C19H14BrN3O2. The van der Waals surface area contributed by atoms with Gasteiger partial charge >= 0.3 is 0 Å². The first-order chi connectivity index (χ1) is 12.1. The Morgan fingerprint density at radius 1 is 0.960 bits per heavy atom. The summed E-state index contributed by atoms with van der Waals surface area (Å²) in [5.74, 6) is -0.839. The first kappa shape index (κ1) is 16.9. The van der Waals surface area contributed by atoms with Crippen LogP contribution < -0.4 is 10.9 Å². The van der Waals surface area contributed by atoms with E-state index in [2.05, 4.69) is 31.8 Å². The van der Waals surface area contributed by atoms with Gasteiger partial charge in [-0.2, -0.15) is 0 Å². The lowest BCUT2D eigenvalue weighted by molar-refractivity contribution is -0.117. The summed E-state index contributed by atoms with van der Waals surface area (Å²) in [6.45, 7) is 0. The highest BCUT2D eigenvalue weighted by Gasteiger charge is 2.09. The molecule has 25 heavy (non-hydrogen) atoms. The summed E-state index contributed by atoms with van der Waals surface area (Å²) < 4.78 is 0.652. The summed E-state index contributed by atoms with van der Waals surface area (Å²) >= 11 is 3.29. The molecule has 0 spiro atoms. The highest BCUT2D eigenvalue weighted by molar-refractivity contribution is 9.10. The standard InChI is InChI=1S/C19H14BrN3O2/c20-16-9-2-1-8-15(16)19(25)23-22-17(24)11-10-14-6-3-5-13-7-4-12-21-18(13)14/h1-12H,(H,22,24)(H,23,25)/b11-10+. The maximum Gasteiger partial charge on any atom is 0.270 e. The van der Waals surface area contributed by atoms with Crippen LogP contribution in [0.2, 0.25) is 0 Å². The van der Waals surface area contributed by atoms with Crippen LogP contribution in [0.3, 0.4) is 0 Å². The number of carbonyl (C=O) groups is 2. The third-order valence-electron chi connectivity index (χ3n) is 3.50. The number of hydrogen-bond donors (Lipinski definition) is 2. The molecule has 0 atom stereocenters. The predicted octanol–water partition coefficient (Wildman–Crippen LogP) is 3.47. The minimum Gasteiger partial charge on any atom is -0.268 e. The Balaban J connectivity index is 1.65. The third kappa shape index (κ3) is 4.10. The average Bonchev–Trinajstić information content (AvgIpc) is 2.64. The lowest BCUT2D eigenvalue weighted by Gasteiger charge is -2.06. The molecule has 0 saturated heterocycles. The summed E-state index contributed by atoms with van der Waals surface area (Å²) in [6, 6.07) is 16.5. The second-order valence-corrected chi connectivity index (χ2v) is 6.03. The highest BCUT2D eigenvalue weighted by Crippen LogP contribution is 2.17. The molecular weight excluding hydrogens is 382 g/mol. The van der Waals surface area contributed by atoms with Gasteiger partial charge in [0.2, 0.25) is 0 Å². The van der Waals surface area contributed by atoms with E-state index in [1.165, 1.54) is 6.08 Å². The molecule has 2 aromatic carbocycles. The SMILES string of the molecule is O=C(/C=C/c1cccc2cccnc12)NNC(=O)c1ccccc1Br. The Morgan fingerprint density at radius 2 is 1.76 bits per heavy atom. The largest absolute Gasteiger partial charge is 0.270 e. The van der Waals surface area contributed by atoms with Gasteiger partial charge in [0.05, 0.1) is 11.1 Å². The molecule has 6 heteroatoms. The Hall–Kier alpha value is -2.99. The molecule has 5 nitrogen and oxygen atoms in total. The Kier molecular flexibility index (Phi) is 5.20. The molecule has 0 saturated carbocycles. The van der Waals surface area contributed by atoms with E-state index < -0.39 is 11.8 Å². The van der Waals surface area contributed by atoms with Gasteiger partial charge in [-0.3, -0.25) is 25.4 Å². The number of nitrogens with zero attached hydrogens (tertiary/aromatic N) is 1. The summed E-state index contributed by atoms with van der Waals surface area (Å²) in [6.07, 6.45) is 4.72. The number of rotatable bonds is 3. The lowest BCUT2D eigenvalue weighted by atomic mass is 10.1. The molecule has 2 amide bonds. The number of amides is 2. The summed E-state index contributed by atoms with van der Waals surface area (Å²) in [5, 5.41) is 0.993. The van der Waals surface area contributed by atoms with Gasteiger partial charge < -0.3 is 0 Å². The first-order valence-electron chi connectivity index (χ1n) is 7.52. The summed E-state index contributed by atoms with van der Waals surface area (Å²) in [4.78, 5) is 28.3. The molecule has 0 radical (unpaired) electrons. The lowest BCUT2D eigenvalue weighted by Crippen LogP contribution is -2.40. The zero-order chi connectivity index (χ0) is 17.6. The van der Waals surface area contributed by atoms with Gasteiger partial charge in [0.25, 0.3) is 11.8 Å². The van der Waals surface area contributed by atoms with Crippen molar-refractivity contribution in [3.8, 4) is 0 Å². The van der Waals surface area contributed by atoms with Crippen molar-refractivity contribution in [3.63, 3.8) is 0 Å². The molecule has 0 aliphatic heterocycles. The van der Waals surface area contributed by atoms with E-state index in [4.69, 9.17) is 0 Å². The molecule has 2 N–H and O–H groups in total. The Bertz CT molecular complexity index is 964. The number of fused-ring (bicyclic) bond motifs is 1. The van der Waals surface area contributed by atoms with Gasteiger partial charge in [0.1, 0.15) is 0 Å². The number of halogens is 1. The molecule has 1 heterocycles. The molecule has 0 fully saturated rings. The average molecular weight is 396 g/mol. The van der Waals surface area contributed by atoms with E-state index in [0.717, 1.165) is 16.5 Å². The fourth-order valence-corrected chi connectivity index (χ4v) is 2.77. The number of nitrogens with one attached hydrogen (secondary N) is 2. The molecule has 3 rings (SSSR count). The van der Waals surface area contributed by atoms with Crippen molar-refractivity contribution >= 4 is 44.7 Å². The van der Waals surface area contributed by atoms with E-state index in [0.29, 0.717) is 10.0 Å². The van der Waals surface area contributed by atoms with Crippen molar-refractivity contribution in [1.29, 1.82) is 0 Å². The zero-order valence-electron chi connectivity index (χ0n) is 13.1. The second-order valence-electron chi connectivity index (χ2n) is 5.18. The molecule has 1 aromatic heterocycles. The van der Waals surface area contributed by atoms with Gasteiger partial charge in [-0.25, -0.2) is 0 Å². The van der Waals surface area contributed by atoms with E-state index in [-0.39, 0.29) is 0 Å². The summed E-state index contributed by atoms with van der Waals surface area (Å²) in [5.41, 5.74) is 6.81. The smallest absolute Gasteiger partial charge is 0.268 e. The van der Waals surface area contributed by atoms with E-state index in [9.17, 15) is 9.59 Å². The van der Waals surface area contributed by atoms with Crippen LogP contribution in [0.1, 0.15) is 15.9 Å². The van der Waals surface area contributed by atoms with E-state index >= 15 is 0 Å². The van der Waals surface area contributed by atoms with Gasteiger partial charge in [-0.1, -0.05) is 36.4 Å². The summed E-state index contributed by atoms with van der Waals surface area (Å²) in [7, 11) is 0.